The zero-order valence-corrected chi connectivity index (χ0v) is 14.5. The molecule has 0 bridgehead atoms. The number of nitrogens with one attached hydrogen (secondary N) is 1. The Balaban J connectivity index is 1.52. The van der Waals surface area contributed by atoms with Crippen LogP contribution in [0, 0.1) is 0 Å². The zero-order valence-electron chi connectivity index (χ0n) is 14.5. The van der Waals surface area contributed by atoms with E-state index in [1.54, 1.807) is 0 Å². The van der Waals surface area contributed by atoms with Gasteiger partial charge in [-0.25, -0.2) is 0 Å². The van der Waals surface area contributed by atoms with Crippen LogP contribution in [-0.2, 0) is 0 Å². The Morgan fingerprint density at radius 2 is 1.96 bits per heavy atom. The van der Waals surface area contributed by atoms with E-state index in [-0.39, 0.29) is 0 Å². The predicted molar refractivity (Wildman–Crippen MR) is 100 cm³/mol. The Hall–Kier alpha value is -1.65. The summed E-state index contributed by atoms with van der Waals surface area (Å²) in [5.74, 6) is 0.532. The SMILES string of the molecule is CC1CC(c2cc(N)c3ccccc3n2)CCN1C1CCNCC1. The van der Waals surface area contributed by atoms with Crippen LogP contribution in [0.2, 0.25) is 0 Å². The molecule has 3 heterocycles. The van der Waals surface area contributed by atoms with Crippen molar-refractivity contribution < 1.29 is 0 Å². The van der Waals surface area contributed by atoms with E-state index in [1.165, 1.54) is 51.0 Å². The van der Waals surface area contributed by atoms with Gasteiger partial charge in [-0.3, -0.25) is 9.88 Å². The Morgan fingerprint density at radius 3 is 2.75 bits per heavy atom. The molecule has 2 saturated heterocycles. The van der Waals surface area contributed by atoms with Crippen molar-refractivity contribution in [1.82, 2.24) is 15.2 Å². The number of pyridine rings is 1. The van der Waals surface area contributed by atoms with Gasteiger partial charge in [-0.05, 0) is 64.4 Å². The average molecular weight is 324 g/mol. The summed E-state index contributed by atoms with van der Waals surface area (Å²) in [6.45, 7) is 5.91. The van der Waals surface area contributed by atoms with Gasteiger partial charge in [-0.15, -0.1) is 0 Å². The number of hydrogen-bond acceptors (Lipinski definition) is 4. The molecule has 0 aliphatic carbocycles. The van der Waals surface area contributed by atoms with Crippen molar-refractivity contribution in [3.8, 4) is 0 Å². The van der Waals surface area contributed by atoms with E-state index in [4.69, 9.17) is 10.7 Å². The minimum absolute atomic E-state index is 0.532. The van der Waals surface area contributed by atoms with Gasteiger partial charge in [-0.1, -0.05) is 18.2 Å². The number of hydrogen-bond donors (Lipinski definition) is 2. The van der Waals surface area contributed by atoms with Crippen LogP contribution >= 0.6 is 0 Å². The first-order valence-corrected chi connectivity index (χ1v) is 9.34. The Kier molecular flexibility index (Phi) is 4.42. The molecule has 2 unspecified atom stereocenters. The van der Waals surface area contributed by atoms with E-state index in [2.05, 4.69) is 35.3 Å². The lowest BCUT2D eigenvalue weighted by Crippen LogP contribution is -2.50. The molecule has 1 aromatic carbocycles. The standard InChI is InChI=1S/C20H28N4/c1-14-12-15(8-11-24(14)16-6-9-22-10-7-16)20-13-18(21)17-4-2-3-5-19(17)23-20/h2-5,13-16,22H,6-12H2,1H3,(H2,21,23). The second-order valence-electron chi connectivity index (χ2n) is 7.44. The molecule has 2 atom stereocenters. The second kappa shape index (κ2) is 6.69. The first-order valence-electron chi connectivity index (χ1n) is 9.34. The van der Waals surface area contributed by atoms with Crippen LogP contribution in [0.4, 0.5) is 5.69 Å². The molecule has 128 valence electrons. The molecule has 0 amide bonds. The molecule has 0 radical (unpaired) electrons. The molecule has 0 spiro atoms. The molecule has 4 nitrogen and oxygen atoms in total. The van der Waals surface area contributed by atoms with E-state index in [9.17, 15) is 0 Å². The van der Waals surface area contributed by atoms with Crippen molar-refractivity contribution in [3.63, 3.8) is 0 Å². The number of benzene rings is 1. The van der Waals surface area contributed by atoms with Gasteiger partial charge in [0.15, 0.2) is 0 Å². The van der Waals surface area contributed by atoms with Gasteiger partial charge < -0.3 is 11.1 Å². The van der Waals surface area contributed by atoms with Crippen molar-refractivity contribution in [2.24, 2.45) is 0 Å². The molecular formula is C20H28N4. The topological polar surface area (TPSA) is 54.2 Å². The maximum atomic E-state index is 6.29. The number of nitrogens with two attached hydrogens (primary N) is 1. The Labute approximate surface area is 144 Å². The third-order valence-corrected chi connectivity index (χ3v) is 5.89. The third kappa shape index (κ3) is 3.01. The molecule has 2 aliphatic rings. The minimum atomic E-state index is 0.532. The number of fused-ring (bicyclic) bond motifs is 1. The maximum Gasteiger partial charge on any atom is 0.0726 e. The van der Waals surface area contributed by atoms with Crippen LogP contribution in [0.3, 0.4) is 0 Å². The summed E-state index contributed by atoms with van der Waals surface area (Å²) in [6.07, 6.45) is 4.96. The molecule has 3 N–H and O–H groups in total. The fourth-order valence-corrected chi connectivity index (χ4v) is 4.57. The van der Waals surface area contributed by atoms with Crippen LogP contribution in [0.15, 0.2) is 30.3 Å². The molecule has 2 aliphatic heterocycles. The van der Waals surface area contributed by atoms with E-state index in [0.29, 0.717) is 12.0 Å². The van der Waals surface area contributed by atoms with Crippen molar-refractivity contribution in [1.29, 1.82) is 0 Å². The number of aromatic nitrogens is 1. The number of nitrogens with zero attached hydrogens (tertiary/aromatic N) is 2. The zero-order chi connectivity index (χ0) is 16.5. The van der Waals surface area contributed by atoms with E-state index in [0.717, 1.165) is 22.6 Å². The number of nitrogen functional groups attached to an aromatic ring is 1. The fourth-order valence-electron chi connectivity index (χ4n) is 4.57. The van der Waals surface area contributed by atoms with Gasteiger partial charge in [0.05, 0.1) is 5.52 Å². The molecule has 4 rings (SSSR count). The summed E-state index contributed by atoms with van der Waals surface area (Å²) in [5, 5.41) is 4.55. The summed E-state index contributed by atoms with van der Waals surface area (Å²) < 4.78 is 0. The molecule has 24 heavy (non-hydrogen) atoms. The molecule has 1 aromatic heterocycles. The molecule has 4 heteroatoms. The van der Waals surface area contributed by atoms with E-state index < -0.39 is 0 Å². The smallest absolute Gasteiger partial charge is 0.0726 e. The highest BCUT2D eigenvalue weighted by Crippen LogP contribution is 2.35. The first-order chi connectivity index (χ1) is 11.7. The molecule has 0 saturated carbocycles. The third-order valence-electron chi connectivity index (χ3n) is 5.89. The van der Waals surface area contributed by atoms with Crippen molar-refractivity contribution in [3.05, 3.63) is 36.0 Å². The molecular weight excluding hydrogens is 296 g/mol. The van der Waals surface area contributed by atoms with Gasteiger partial charge in [0.2, 0.25) is 0 Å². The van der Waals surface area contributed by atoms with Gasteiger partial charge in [0, 0.05) is 34.8 Å². The summed E-state index contributed by atoms with van der Waals surface area (Å²) >= 11 is 0. The largest absolute Gasteiger partial charge is 0.398 e. The summed E-state index contributed by atoms with van der Waals surface area (Å²) in [5.41, 5.74) is 9.36. The van der Waals surface area contributed by atoms with Crippen LogP contribution in [-0.4, -0.2) is 41.6 Å². The number of piperidine rings is 2. The Bertz CT molecular complexity index is 708. The molecule has 2 fully saturated rings. The van der Waals surface area contributed by atoms with Crippen LogP contribution in [0.5, 0.6) is 0 Å². The lowest BCUT2D eigenvalue weighted by atomic mass is 9.86. The van der Waals surface area contributed by atoms with Gasteiger partial charge in [0.1, 0.15) is 0 Å². The quantitative estimate of drug-likeness (QED) is 0.891. The van der Waals surface area contributed by atoms with Gasteiger partial charge in [0.25, 0.3) is 0 Å². The van der Waals surface area contributed by atoms with Crippen molar-refractivity contribution in [2.75, 3.05) is 25.4 Å². The number of anilines is 1. The van der Waals surface area contributed by atoms with Crippen LogP contribution in [0.25, 0.3) is 10.9 Å². The number of rotatable bonds is 2. The maximum absolute atomic E-state index is 6.29. The summed E-state index contributed by atoms with van der Waals surface area (Å²) in [6, 6.07) is 11.7. The highest BCUT2D eigenvalue weighted by molar-refractivity contribution is 5.90. The monoisotopic (exact) mass is 324 g/mol. The van der Waals surface area contributed by atoms with E-state index >= 15 is 0 Å². The highest BCUT2D eigenvalue weighted by atomic mass is 15.2. The van der Waals surface area contributed by atoms with Gasteiger partial charge in [-0.2, -0.15) is 0 Å². The molecule has 2 aromatic rings. The number of para-hydroxylation sites is 1. The minimum Gasteiger partial charge on any atom is -0.398 e. The normalized spacial score (nSPS) is 26.7. The number of likely N-dealkylation sites (tertiary alicyclic amines) is 1. The van der Waals surface area contributed by atoms with Crippen molar-refractivity contribution in [2.45, 2.75) is 50.6 Å². The lowest BCUT2D eigenvalue weighted by molar-refractivity contribution is 0.0764. The van der Waals surface area contributed by atoms with Crippen LogP contribution < -0.4 is 11.1 Å². The second-order valence-corrected chi connectivity index (χ2v) is 7.44. The van der Waals surface area contributed by atoms with Crippen molar-refractivity contribution >= 4 is 16.6 Å². The van der Waals surface area contributed by atoms with Crippen LogP contribution in [0.1, 0.15) is 44.2 Å². The highest BCUT2D eigenvalue weighted by Gasteiger charge is 2.32. The lowest BCUT2D eigenvalue weighted by Gasteiger charge is -2.44. The fraction of sp³-hybridized carbons (Fsp3) is 0.550. The summed E-state index contributed by atoms with van der Waals surface area (Å²) in [7, 11) is 0. The Morgan fingerprint density at radius 1 is 1.17 bits per heavy atom. The summed E-state index contributed by atoms with van der Waals surface area (Å²) in [4.78, 5) is 7.66. The van der Waals surface area contributed by atoms with E-state index in [1.807, 2.05) is 12.1 Å². The first kappa shape index (κ1) is 15.9. The average Bonchev–Trinajstić information content (AvgIpc) is 2.62. The predicted octanol–water partition coefficient (Wildman–Crippen LogP) is 3.14. The van der Waals surface area contributed by atoms with Gasteiger partial charge >= 0.3 is 0 Å².